The van der Waals surface area contributed by atoms with E-state index in [9.17, 15) is 13.2 Å². The lowest BCUT2D eigenvalue weighted by Gasteiger charge is -2.44. The smallest absolute Gasteiger partial charge is 0.244 e. The number of hydrogen-bond acceptors (Lipinski definition) is 6. The predicted octanol–water partition coefficient (Wildman–Crippen LogP) is 2.75. The average molecular weight is 448 g/mol. The van der Waals surface area contributed by atoms with Crippen molar-refractivity contribution in [2.45, 2.75) is 50.0 Å². The molecule has 2 aromatic rings. The SMILES string of the molecule is COCCN1CCCC2(CCCN2S(=O)(=O)c2cc(-c3cnc(C)o3)ccc2C)C1=O. The van der Waals surface area contributed by atoms with Gasteiger partial charge in [-0.05, 0) is 44.2 Å². The van der Waals surface area contributed by atoms with Gasteiger partial charge in [-0.3, -0.25) is 4.79 Å². The lowest BCUT2D eigenvalue weighted by atomic mass is 9.86. The minimum atomic E-state index is -3.89. The standard InChI is InChI=1S/C22H29N3O5S/c1-16-6-7-18(19-15-23-17(2)30-19)14-20(16)31(27,28)25-11-5-9-22(25)8-4-10-24(21(22)26)12-13-29-3/h6-7,14-15H,4-5,8-13H2,1-3H3. The number of aromatic nitrogens is 1. The number of carbonyl (C=O) groups excluding carboxylic acids is 1. The zero-order valence-electron chi connectivity index (χ0n) is 18.3. The van der Waals surface area contributed by atoms with Crippen molar-refractivity contribution < 1.29 is 22.4 Å². The number of oxazole rings is 1. The predicted molar refractivity (Wildman–Crippen MR) is 115 cm³/mol. The molecular weight excluding hydrogens is 418 g/mol. The number of amides is 1. The van der Waals surface area contributed by atoms with E-state index in [2.05, 4.69) is 4.98 Å². The van der Waals surface area contributed by atoms with E-state index in [1.807, 2.05) is 6.07 Å². The third-order valence-corrected chi connectivity index (χ3v) is 8.47. The Morgan fingerprint density at radius 3 is 2.61 bits per heavy atom. The van der Waals surface area contributed by atoms with Gasteiger partial charge in [-0.25, -0.2) is 13.4 Å². The van der Waals surface area contributed by atoms with E-state index >= 15 is 0 Å². The average Bonchev–Trinajstić information content (AvgIpc) is 3.37. The van der Waals surface area contributed by atoms with Crippen LogP contribution in [0.3, 0.4) is 0 Å². The Kier molecular flexibility index (Phi) is 5.93. The monoisotopic (exact) mass is 447 g/mol. The van der Waals surface area contributed by atoms with Gasteiger partial charge in [-0.2, -0.15) is 4.31 Å². The fourth-order valence-corrected chi connectivity index (χ4v) is 6.87. The van der Waals surface area contributed by atoms with Gasteiger partial charge in [0.2, 0.25) is 15.9 Å². The van der Waals surface area contributed by atoms with Gasteiger partial charge in [-0.1, -0.05) is 12.1 Å². The van der Waals surface area contributed by atoms with E-state index in [0.717, 1.165) is 6.42 Å². The van der Waals surface area contributed by atoms with Crippen molar-refractivity contribution in [3.8, 4) is 11.3 Å². The third kappa shape index (κ3) is 3.79. The number of benzene rings is 1. The van der Waals surface area contributed by atoms with Crippen molar-refractivity contribution in [1.82, 2.24) is 14.2 Å². The van der Waals surface area contributed by atoms with Gasteiger partial charge in [0, 0.05) is 39.2 Å². The highest BCUT2D eigenvalue weighted by molar-refractivity contribution is 7.89. The molecule has 1 atom stereocenters. The first kappa shape index (κ1) is 22.0. The summed E-state index contributed by atoms with van der Waals surface area (Å²) < 4.78 is 39.9. The maximum atomic E-state index is 13.9. The van der Waals surface area contributed by atoms with E-state index in [1.54, 1.807) is 44.2 Å². The Hall–Kier alpha value is -2.23. The second-order valence-corrected chi connectivity index (χ2v) is 10.2. The molecule has 1 amide bonds. The van der Waals surface area contributed by atoms with Gasteiger partial charge >= 0.3 is 0 Å². The molecule has 0 radical (unpaired) electrons. The van der Waals surface area contributed by atoms with E-state index in [4.69, 9.17) is 9.15 Å². The molecule has 0 aliphatic carbocycles. The summed E-state index contributed by atoms with van der Waals surface area (Å²) in [6, 6.07) is 5.23. The molecule has 31 heavy (non-hydrogen) atoms. The molecule has 8 nitrogen and oxygen atoms in total. The van der Waals surface area contributed by atoms with Crippen LogP contribution in [0.5, 0.6) is 0 Å². The number of piperidine rings is 1. The summed E-state index contributed by atoms with van der Waals surface area (Å²) in [6.07, 6.45) is 4.14. The first-order valence-electron chi connectivity index (χ1n) is 10.6. The van der Waals surface area contributed by atoms with Gasteiger partial charge in [0.15, 0.2) is 11.7 Å². The molecule has 1 unspecified atom stereocenters. The minimum absolute atomic E-state index is 0.100. The van der Waals surface area contributed by atoms with Gasteiger partial charge < -0.3 is 14.1 Å². The maximum Gasteiger partial charge on any atom is 0.244 e. The molecule has 0 N–H and O–H groups in total. The number of sulfonamides is 1. The number of nitrogens with zero attached hydrogens (tertiary/aromatic N) is 3. The van der Waals surface area contributed by atoms with Crippen molar-refractivity contribution in [2.24, 2.45) is 0 Å². The first-order chi connectivity index (χ1) is 14.8. The van der Waals surface area contributed by atoms with E-state index in [0.29, 0.717) is 68.3 Å². The van der Waals surface area contributed by atoms with Crippen LogP contribution in [0.15, 0.2) is 33.7 Å². The van der Waals surface area contributed by atoms with Crippen molar-refractivity contribution >= 4 is 15.9 Å². The zero-order chi connectivity index (χ0) is 22.2. The summed E-state index contributed by atoms with van der Waals surface area (Å²) in [5.74, 6) is 0.934. The van der Waals surface area contributed by atoms with E-state index < -0.39 is 15.6 Å². The van der Waals surface area contributed by atoms with Crippen LogP contribution in [-0.4, -0.2) is 67.4 Å². The van der Waals surface area contributed by atoms with E-state index in [-0.39, 0.29) is 10.8 Å². The van der Waals surface area contributed by atoms with Crippen molar-refractivity contribution in [3.63, 3.8) is 0 Å². The van der Waals surface area contributed by atoms with Gasteiger partial charge in [0.1, 0.15) is 5.54 Å². The number of likely N-dealkylation sites (tertiary alicyclic amines) is 1. The molecule has 1 aromatic carbocycles. The molecule has 9 heteroatoms. The number of carbonyl (C=O) groups is 1. The van der Waals surface area contributed by atoms with Gasteiger partial charge in [0.05, 0.1) is 17.7 Å². The van der Waals surface area contributed by atoms with Crippen LogP contribution in [-0.2, 0) is 19.6 Å². The lowest BCUT2D eigenvalue weighted by Crippen LogP contribution is -2.61. The summed E-state index contributed by atoms with van der Waals surface area (Å²) in [6.45, 7) is 5.41. The number of aryl methyl sites for hydroxylation is 2. The molecule has 1 aromatic heterocycles. The molecule has 2 aliphatic heterocycles. The largest absolute Gasteiger partial charge is 0.441 e. The maximum absolute atomic E-state index is 13.9. The Labute approximate surface area is 183 Å². The van der Waals surface area contributed by atoms with E-state index in [1.165, 1.54) is 4.31 Å². The Morgan fingerprint density at radius 1 is 1.19 bits per heavy atom. The fourth-order valence-electron chi connectivity index (χ4n) is 4.79. The molecule has 0 saturated carbocycles. The molecule has 2 fully saturated rings. The molecular formula is C22H29N3O5S. The van der Waals surface area contributed by atoms with Gasteiger partial charge in [-0.15, -0.1) is 0 Å². The van der Waals surface area contributed by atoms with Crippen LogP contribution in [0.2, 0.25) is 0 Å². The van der Waals surface area contributed by atoms with Crippen LogP contribution >= 0.6 is 0 Å². The number of rotatable bonds is 6. The van der Waals surface area contributed by atoms with Crippen LogP contribution in [0.25, 0.3) is 11.3 Å². The third-order valence-electron chi connectivity index (χ3n) is 6.36. The Bertz CT molecular complexity index is 1080. The fraction of sp³-hybridized carbons (Fsp3) is 0.545. The number of ether oxygens (including phenoxy) is 1. The highest BCUT2D eigenvalue weighted by Crippen LogP contribution is 2.42. The van der Waals surface area contributed by atoms with Crippen molar-refractivity contribution in [3.05, 3.63) is 35.9 Å². The summed E-state index contributed by atoms with van der Waals surface area (Å²) in [4.78, 5) is 19.5. The van der Waals surface area contributed by atoms with Crippen LogP contribution in [0, 0.1) is 13.8 Å². The molecule has 3 heterocycles. The van der Waals surface area contributed by atoms with Crippen LogP contribution in [0.4, 0.5) is 0 Å². The first-order valence-corrected chi connectivity index (χ1v) is 12.1. The summed E-state index contributed by atoms with van der Waals surface area (Å²) in [5.41, 5.74) is 0.284. The minimum Gasteiger partial charge on any atom is -0.441 e. The number of methoxy groups -OCH3 is 1. The summed E-state index contributed by atoms with van der Waals surface area (Å²) >= 11 is 0. The lowest BCUT2D eigenvalue weighted by molar-refractivity contribution is -0.145. The Morgan fingerprint density at radius 2 is 1.94 bits per heavy atom. The summed E-state index contributed by atoms with van der Waals surface area (Å²) in [5, 5.41) is 0. The molecule has 1 spiro atoms. The summed E-state index contributed by atoms with van der Waals surface area (Å²) in [7, 11) is -2.29. The Balaban J connectivity index is 1.72. The van der Waals surface area contributed by atoms with Crippen LogP contribution in [0.1, 0.15) is 37.1 Å². The topological polar surface area (TPSA) is 92.9 Å². The van der Waals surface area contributed by atoms with Crippen molar-refractivity contribution in [1.29, 1.82) is 0 Å². The van der Waals surface area contributed by atoms with Gasteiger partial charge in [0.25, 0.3) is 0 Å². The second-order valence-electron chi connectivity index (χ2n) is 8.32. The highest BCUT2D eigenvalue weighted by Gasteiger charge is 2.55. The molecule has 2 aliphatic rings. The normalized spacial score (nSPS) is 22.5. The zero-order valence-corrected chi connectivity index (χ0v) is 19.1. The van der Waals surface area contributed by atoms with Crippen molar-refractivity contribution in [2.75, 3.05) is 33.4 Å². The van der Waals surface area contributed by atoms with Crippen LogP contribution < -0.4 is 0 Å². The molecule has 168 valence electrons. The molecule has 0 bridgehead atoms. The molecule has 2 saturated heterocycles. The highest BCUT2D eigenvalue weighted by atomic mass is 32.2. The number of hydrogen-bond donors (Lipinski definition) is 0. The molecule has 4 rings (SSSR count). The quantitative estimate of drug-likeness (QED) is 0.676. The second kappa shape index (κ2) is 8.37.